The van der Waals surface area contributed by atoms with Crippen molar-refractivity contribution in [2.45, 2.75) is 37.9 Å². The zero-order chi connectivity index (χ0) is 19.5. The Bertz CT molecular complexity index is 981. The number of nitrogens with zero attached hydrogens (tertiary/aromatic N) is 3. The average molecular weight is 397 g/mol. The second-order valence-corrected chi connectivity index (χ2v) is 8.01. The lowest BCUT2D eigenvalue weighted by atomic mass is 10.1. The predicted octanol–water partition coefficient (Wildman–Crippen LogP) is 3.40. The minimum absolute atomic E-state index is 0.0112. The maximum absolute atomic E-state index is 12.3. The number of thioether (sulfide) groups is 1. The maximum atomic E-state index is 12.3. The van der Waals surface area contributed by atoms with Crippen LogP contribution < -0.4 is 5.32 Å². The topological polar surface area (TPSA) is 68.5 Å². The van der Waals surface area contributed by atoms with Gasteiger partial charge in [0, 0.05) is 18.7 Å². The second kappa shape index (κ2) is 8.32. The minimum atomic E-state index is -0.0112. The zero-order valence-electron chi connectivity index (χ0n) is 16.1. The van der Waals surface area contributed by atoms with Gasteiger partial charge in [0.2, 0.25) is 5.91 Å². The Kier molecular flexibility index (Phi) is 5.64. The fourth-order valence-electron chi connectivity index (χ4n) is 3.51. The van der Waals surface area contributed by atoms with Crippen LogP contribution in [0.2, 0.25) is 0 Å². The predicted molar refractivity (Wildman–Crippen MR) is 111 cm³/mol. The van der Waals surface area contributed by atoms with E-state index in [1.165, 1.54) is 11.8 Å². The number of benzene rings is 1. The number of fused-ring (bicyclic) bond motifs is 1. The van der Waals surface area contributed by atoms with Crippen molar-refractivity contribution in [2.24, 2.45) is 0 Å². The number of hydrogen-bond acceptors (Lipinski definition) is 5. The molecule has 0 radical (unpaired) electrons. The van der Waals surface area contributed by atoms with Crippen LogP contribution in [0, 0.1) is 13.8 Å². The van der Waals surface area contributed by atoms with E-state index in [1.807, 2.05) is 41.8 Å². The molecule has 146 valence electrons. The van der Waals surface area contributed by atoms with Gasteiger partial charge in [0.25, 0.3) is 0 Å². The molecule has 1 aliphatic rings. The first-order valence-electron chi connectivity index (χ1n) is 9.55. The highest BCUT2D eigenvalue weighted by Gasteiger charge is 2.19. The zero-order valence-corrected chi connectivity index (χ0v) is 17.0. The van der Waals surface area contributed by atoms with Crippen molar-refractivity contribution in [3.63, 3.8) is 0 Å². The molecule has 0 unspecified atom stereocenters. The van der Waals surface area contributed by atoms with Crippen LogP contribution in [0.25, 0.3) is 16.8 Å². The number of aryl methyl sites for hydroxylation is 2. The summed E-state index contributed by atoms with van der Waals surface area (Å²) < 4.78 is 7.42. The molecule has 0 spiro atoms. The summed E-state index contributed by atoms with van der Waals surface area (Å²) in [5, 5.41) is 8.34. The van der Waals surface area contributed by atoms with Gasteiger partial charge in [-0.1, -0.05) is 42.1 Å². The van der Waals surface area contributed by atoms with Crippen molar-refractivity contribution in [3.05, 3.63) is 47.7 Å². The number of imidazole rings is 1. The quantitative estimate of drug-likeness (QED) is 0.647. The molecular formula is C21H24N4O2S. The molecule has 1 fully saturated rings. The molecule has 1 saturated heterocycles. The van der Waals surface area contributed by atoms with E-state index in [0.29, 0.717) is 12.3 Å². The number of hydrogen-bond donors (Lipinski definition) is 1. The third-order valence-electron chi connectivity index (χ3n) is 4.81. The molecule has 2 aromatic heterocycles. The van der Waals surface area contributed by atoms with E-state index in [-0.39, 0.29) is 12.0 Å². The summed E-state index contributed by atoms with van der Waals surface area (Å²) in [5.41, 5.74) is 4.97. The van der Waals surface area contributed by atoms with Gasteiger partial charge in [0.05, 0.1) is 28.8 Å². The van der Waals surface area contributed by atoms with E-state index < -0.39 is 0 Å². The molecule has 28 heavy (non-hydrogen) atoms. The molecule has 0 saturated carbocycles. The Morgan fingerprint density at radius 3 is 2.89 bits per heavy atom. The number of carbonyl (C=O) groups is 1. The molecule has 0 bridgehead atoms. The van der Waals surface area contributed by atoms with Gasteiger partial charge in [-0.05, 0) is 38.3 Å². The minimum Gasteiger partial charge on any atom is -0.376 e. The second-order valence-electron chi connectivity index (χ2n) is 7.07. The molecule has 3 aromatic rings. The molecular weight excluding hydrogens is 372 g/mol. The van der Waals surface area contributed by atoms with Crippen molar-refractivity contribution in [1.82, 2.24) is 19.9 Å². The lowest BCUT2D eigenvalue weighted by Gasteiger charge is -2.10. The first-order chi connectivity index (χ1) is 13.6. The van der Waals surface area contributed by atoms with Crippen LogP contribution in [0.5, 0.6) is 0 Å². The van der Waals surface area contributed by atoms with Gasteiger partial charge in [-0.15, -0.1) is 0 Å². The highest BCUT2D eigenvalue weighted by Crippen LogP contribution is 2.30. The van der Waals surface area contributed by atoms with Gasteiger partial charge in [-0.2, -0.15) is 5.10 Å². The average Bonchev–Trinajstić information content (AvgIpc) is 3.33. The first-order valence-corrected chi connectivity index (χ1v) is 10.5. The lowest BCUT2D eigenvalue weighted by Crippen LogP contribution is -2.32. The van der Waals surface area contributed by atoms with Crippen molar-refractivity contribution < 1.29 is 9.53 Å². The molecule has 0 aliphatic carbocycles. The van der Waals surface area contributed by atoms with Crippen LogP contribution in [0.3, 0.4) is 0 Å². The van der Waals surface area contributed by atoms with Crippen LogP contribution in [0.4, 0.5) is 0 Å². The molecule has 1 atom stereocenters. The first kappa shape index (κ1) is 19.0. The number of nitrogens with one attached hydrogen (secondary N) is 1. The van der Waals surface area contributed by atoms with Gasteiger partial charge in [0.15, 0.2) is 5.16 Å². The van der Waals surface area contributed by atoms with Crippen LogP contribution in [-0.2, 0) is 9.53 Å². The van der Waals surface area contributed by atoms with Crippen LogP contribution >= 0.6 is 11.8 Å². The van der Waals surface area contributed by atoms with Crippen LogP contribution in [0.1, 0.15) is 24.1 Å². The van der Waals surface area contributed by atoms with Crippen LogP contribution in [0.15, 0.2) is 41.6 Å². The maximum Gasteiger partial charge on any atom is 0.230 e. The molecule has 1 N–H and O–H groups in total. The summed E-state index contributed by atoms with van der Waals surface area (Å²) in [5.74, 6) is 0.289. The van der Waals surface area contributed by atoms with Gasteiger partial charge in [-0.3, -0.25) is 4.79 Å². The molecule has 3 heterocycles. The number of ether oxygens (including phenoxy) is 1. The van der Waals surface area contributed by atoms with Gasteiger partial charge < -0.3 is 10.1 Å². The molecule has 4 rings (SSSR count). The number of aromatic nitrogens is 3. The van der Waals surface area contributed by atoms with E-state index in [1.54, 1.807) is 0 Å². The molecule has 1 aliphatic heterocycles. The van der Waals surface area contributed by atoms with E-state index in [0.717, 1.165) is 52.6 Å². The van der Waals surface area contributed by atoms with E-state index in [4.69, 9.17) is 9.72 Å². The Labute approximate surface area is 168 Å². The van der Waals surface area contributed by atoms with Crippen LogP contribution in [-0.4, -0.2) is 45.5 Å². The molecule has 7 heteroatoms. The van der Waals surface area contributed by atoms with Crippen molar-refractivity contribution >= 4 is 23.2 Å². The number of rotatable bonds is 6. The molecule has 1 aromatic carbocycles. The van der Waals surface area contributed by atoms with Gasteiger partial charge >= 0.3 is 0 Å². The third kappa shape index (κ3) is 4.05. The van der Waals surface area contributed by atoms with E-state index in [2.05, 4.69) is 23.4 Å². The summed E-state index contributed by atoms with van der Waals surface area (Å²) >= 11 is 1.41. The van der Waals surface area contributed by atoms with Crippen molar-refractivity contribution in [1.29, 1.82) is 0 Å². The summed E-state index contributed by atoms with van der Waals surface area (Å²) in [6, 6.07) is 12.2. The van der Waals surface area contributed by atoms with Gasteiger partial charge in [0.1, 0.15) is 0 Å². The summed E-state index contributed by atoms with van der Waals surface area (Å²) in [6.07, 6.45) is 2.24. The highest BCUT2D eigenvalue weighted by atomic mass is 32.2. The summed E-state index contributed by atoms with van der Waals surface area (Å²) in [4.78, 5) is 17.1. The largest absolute Gasteiger partial charge is 0.376 e. The standard InChI is InChI=1S/C21H24N4O2S/c1-14-11-15(2)24-25-20(14)19(16-7-4-3-5-8-16)23-21(25)28-13-18(26)22-12-17-9-6-10-27-17/h3-5,7-8,11,17H,6,9-10,12-13H2,1-2H3,(H,22,26)/t17-/m0/s1. The highest BCUT2D eigenvalue weighted by molar-refractivity contribution is 7.99. The molecule has 6 nitrogen and oxygen atoms in total. The summed E-state index contributed by atoms with van der Waals surface area (Å²) in [7, 11) is 0. The normalized spacial score (nSPS) is 16.6. The number of carbonyl (C=O) groups excluding carboxylic acids is 1. The Balaban J connectivity index is 1.55. The Morgan fingerprint density at radius 2 is 2.14 bits per heavy atom. The molecule has 1 amide bonds. The van der Waals surface area contributed by atoms with Gasteiger partial charge in [-0.25, -0.2) is 9.50 Å². The van der Waals surface area contributed by atoms with Crippen molar-refractivity contribution in [2.75, 3.05) is 18.9 Å². The number of amides is 1. The van der Waals surface area contributed by atoms with E-state index in [9.17, 15) is 4.79 Å². The third-order valence-corrected chi connectivity index (χ3v) is 5.74. The fraction of sp³-hybridized carbons (Fsp3) is 0.381. The SMILES string of the molecule is Cc1cc(C)c2c(-c3ccccc3)nc(SCC(=O)NC[C@@H]3CCCO3)n2n1. The Hall–Kier alpha value is -2.38. The smallest absolute Gasteiger partial charge is 0.230 e. The summed E-state index contributed by atoms with van der Waals surface area (Å²) in [6.45, 7) is 5.41. The fourth-order valence-corrected chi connectivity index (χ4v) is 4.28. The lowest BCUT2D eigenvalue weighted by molar-refractivity contribution is -0.119. The Morgan fingerprint density at radius 1 is 1.32 bits per heavy atom. The van der Waals surface area contributed by atoms with Crippen molar-refractivity contribution in [3.8, 4) is 11.3 Å². The van der Waals surface area contributed by atoms with E-state index >= 15 is 0 Å². The monoisotopic (exact) mass is 396 g/mol.